The van der Waals surface area contributed by atoms with Crippen LogP contribution < -0.4 is 9.64 Å². The number of carbonyl (C=O) groups is 2. The smallest absolute Gasteiger partial charge is 0.319 e. The number of aromatic nitrogens is 4. The minimum atomic E-state index is -0.534. The molecule has 0 bridgehead atoms. The number of urea groups is 1. The molecule has 2 aromatic heterocycles. The second-order valence-electron chi connectivity index (χ2n) is 10.1. The molecule has 11 heteroatoms. The SMILES string of the molecule is COc1cccc(F)c1-c1nccc(C(=O)Cc2ccc3c(cnn3C)c2N(C)[C@H]2CCN(C(=O)N(C)C)C2)n1. The van der Waals surface area contributed by atoms with Crippen molar-refractivity contribution < 1.29 is 18.7 Å². The number of carbonyl (C=O) groups excluding carboxylic acids is 2. The number of likely N-dealkylation sites (tertiary alicyclic amines) is 1. The van der Waals surface area contributed by atoms with Crippen molar-refractivity contribution in [3.8, 4) is 17.1 Å². The molecule has 0 aliphatic carbocycles. The van der Waals surface area contributed by atoms with Crippen molar-refractivity contribution in [1.82, 2.24) is 29.5 Å². The van der Waals surface area contributed by atoms with Crippen LogP contribution in [0.1, 0.15) is 22.5 Å². The van der Waals surface area contributed by atoms with Gasteiger partial charge in [-0.25, -0.2) is 19.2 Å². The molecule has 4 aromatic rings. The van der Waals surface area contributed by atoms with E-state index in [1.165, 1.54) is 25.4 Å². The Balaban J connectivity index is 1.47. The lowest BCUT2D eigenvalue weighted by atomic mass is 10.00. The molecule has 0 saturated carbocycles. The zero-order valence-electron chi connectivity index (χ0n) is 23.3. The van der Waals surface area contributed by atoms with Crippen LogP contribution in [0.5, 0.6) is 5.75 Å². The fourth-order valence-corrected chi connectivity index (χ4v) is 5.30. The Kier molecular flexibility index (Phi) is 7.38. The van der Waals surface area contributed by atoms with Crippen molar-refractivity contribution in [3.05, 3.63) is 65.9 Å². The van der Waals surface area contributed by atoms with Gasteiger partial charge in [0.2, 0.25) is 0 Å². The van der Waals surface area contributed by atoms with E-state index in [0.29, 0.717) is 13.1 Å². The Morgan fingerprint density at radius 2 is 1.95 bits per heavy atom. The summed E-state index contributed by atoms with van der Waals surface area (Å²) in [6.07, 6.45) is 4.13. The molecule has 0 N–H and O–H groups in total. The molecule has 10 nitrogen and oxygen atoms in total. The lowest BCUT2D eigenvalue weighted by Gasteiger charge is -2.30. The fraction of sp³-hybridized carbons (Fsp3) is 0.345. The fourth-order valence-electron chi connectivity index (χ4n) is 5.30. The monoisotopic (exact) mass is 545 g/mol. The zero-order valence-corrected chi connectivity index (χ0v) is 23.3. The second kappa shape index (κ2) is 10.9. The van der Waals surface area contributed by atoms with E-state index in [-0.39, 0.29) is 47.1 Å². The molecule has 3 heterocycles. The molecule has 1 fully saturated rings. The number of fused-ring (bicyclic) bond motifs is 1. The number of hydrogen-bond donors (Lipinski definition) is 0. The van der Waals surface area contributed by atoms with Gasteiger partial charge in [-0.05, 0) is 36.2 Å². The van der Waals surface area contributed by atoms with E-state index >= 15 is 0 Å². The van der Waals surface area contributed by atoms with E-state index < -0.39 is 5.82 Å². The first-order chi connectivity index (χ1) is 19.2. The second-order valence-corrected chi connectivity index (χ2v) is 10.1. The maximum Gasteiger partial charge on any atom is 0.319 e. The average molecular weight is 546 g/mol. The third kappa shape index (κ3) is 4.94. The lowest BCUT2D eigenvalue weighted by molar-refractivity contribution is 0.0988. The van der Waals surface area contributed by atoms with E-state index in [2.05, 4.69) is 20.0 Å². The van der Waals surface area contributed by atoms with Crippen LogP contribution in [0.3, 0.4) is 0 Å². The molecule has 0 radical (unpaired) electrons. The van der Waals surface area contributed by atoms with Crippen LogP contribution >= 0.6 is 0 Å². The predicted octanol–water partition coefficient (Wildman–Crippen LogP) is 3.80. The van der Waals surface area contributed by atoms with E-state index in [9.17, 15) is 14.0 Å². The van der Waals surface area contributed by atoms with Crippen molar-refractivity contribution in [2.24, 2.45) is 7.05 Å². The van der Waals surface area contributed by atoms with Gasteiger partial charge in [0.15, 0.2) is 11.6 Å². The largest absolute Gasteiger partial charge is 0.496 e. The molecule has 2 amide bonds. The number of amides is 2. The molecule has 2 aromatic carbocycles. The van der Waals surface area contributed by atoms with Crippen LogP contribution in [0, 0.1) is 5.82 Å². The highest BCUT2D eigenvalue weighted by molar-refractivity contribution is 6.00. The van der Waals surface area contributed by atoms with Gasteiger partial charge >= 0.3 is 6.03 Å². The van der Waals surface area contributed by atoms with Crippen LogP contribution in [0.15, 0.2) is 48.8 Å². The molecule has 1 atom stereocenters. The number of methoxy groups -OCH3 is 1. The summed E-state index contributed by atoms with van der Waals surface area (Å²) in [6, 6.07) is 9.95. The van der Waals surface area contributed by atoms with E-state index in [1.54, 1.807) is 42.0 Å². The van der Waals surface area contributed by atoms with Crippen LogP contribution in [0.2, 0.25) is 0 Å². The minimum Gasteiger partial charge on any atom is -0.496 e. The van der Waals surface area contributed by atoms with Gasteiger partial charge in [0.25, 0.3) is 0 Å². The predicted molar refractivity (Wildman–Crippen MR) is 150 cm³/mol. The van der Waals surface area contributed by atoms with Crippen LogP contribution in [-0.4, -0.2) is 88.7 Å². The summed E-state index contributed by atoms with van der Waals surface area (Å²) < 4.78 is 21.8. The van der Waals surface area contributed by atoms with E-state index in [4.69, 9.17) is 4.74 Å². The average Bonchev–Trinajstić information content (AvgIpc) is 3.59. The highest BCUT2D eigenvalue weighted by atomic mass is 19.1. The third-order valence-corrected chi connectivity index (χ3v) is 7.41. The molecule has 1 aliphatic heterocycles. The van der Waals surface area contributed by atoms with Gasteiger partial charge in [0, 0.05) is 65.3 Å². The van der Waals surface area contributed by atoms with Crippen LogP contribution in [-0.2, 0) is 13.5 Å². The first-order valence-electron chi connectivity index (χ1n) is 13.0. The number of aryl methyl sites for hydroxylation is 1. The number of rotatable bonds is 7. The van der Waals surface area contributed by atoms with Gasteiger partial charge in [-0.15, -0.1) is 0 Å². The van der Waals surface area contributed by atoms with Crippen molar-refractivity contribution in [1.29, 1.82) is 0 Å². The molecule has 40 heavy (non-hydrogen) atoms. The summed E-state index contributed by atoms with van der Waals surface area (Å²) in [5.74, 6) is -0.396. The summed E-state index contributed by atoms with van der Waals surface area (Å²) in [4.78, 5) is 40.3. The Labute approximate surface area is 232 Å². The van der Waals surface area contributed by atoms with Crippen molar-refractivity contribution in [2.75, 3.05) is 46.2 Å². The van der Waals surface area contributed by atoms with E-state index in [0.717, 1.165) is 28.6 Å². The molecule has 0 unspecified atom stereocenters. The third-order valence-electron chi connectivity index (χ3n) is 7.41. The Bertz CT molecular complexity index is 1590. The molecular formula is C29H32FN7O3. The topological polar surface area (TPSA) is 96.7 Å². The number of ketones is 1. The van der Waals surface area contributed by atoms with Crippen molar-refractivity contribution >= 4 is 28.4 Å². The first kappa shape index (κ1) is 27.0. The van der Waals surface area contributed by atoms with Crippen LogP contribution in [0.25, 0.3) is 22.3 Å². The maximum absolute atomic E-state index is 14.7. The Morgan fingerprint density at radius 1 is 1.15 bits per heavy atom. The number of ether oxygens (including phenoxy) is 1. The highest BCUT2D eigenvalue weighted by Crippen LogP contribution is 2.34. The molecule has 1 saturated heterocycles. The molecular weight excluding hydrogens is 513 g/mol. The van der Waals surface area contributed by atoms with Gasteiger partial charge in [-0.2, -0.15) is 5.10 Å². The Hall–Kier alpha value is -4.54. The van der Waals surface area contributed by atoms with E-state index in [1.807, 2.05) is 31.1 Å². The summed E-state index contributed by atoms with van der Waals surface area (Å²) in [5, 5.41) is 5.37. The quantitative estimate of drug-likeness (QED) is 0.326. The molecule has 1 aliphatic rings. The normalized spacial score (nSPS) is 14.9. The highest BCUT2D eigenvalue weighted by Gasteiger charge is 2.32. The molecule has 208 valence electrons. The van der Waals surface area contributed by atoms with Crippen molar-refractivity contribution in [3.63, 3.8) is 0 Å². The molecule has 0 spiro atoms. The van der Waals surface area contributed by atoms with Gasteiger partial charge < -0.3 is 19.4 Å². The standard InChI is InChI=1S/C29H32FN7O3/c1-34(2)29(39)37-14-12-19(17-37)35(3)27-18(9-10-23-20(27)16-32-36(23)4)15-24(38)22-11-13-31-28(33-22)26-21(30)7-6-8-25(26)40-5/h6-11,13,16,19H,12,14-15,17H2,1-5H3/t19-/m0/s1. The number of benzene rings is 2. The number of nitrogens with zero attached hydrogens (tertiary/aromatic N) is 7. The van der Waals surface area contributed by atoms with Gasteiger partial charge in [0.1, 0.15) is 17.3 Å². The number of likely N-dealkylation sites (N-methyl/N-ethyl adjacent to an activating group) is 1. The summed E-state index contributed by atoms with van der Waals surface area (Å²) >= 11 is 0. The van der Waals surface area contributed by atoms with Gasteiger partial charge in [0.05, 0.1) is 30.1 Å². The number of Topliss-reactive ketones (excluding diaryl/α,β-unsaturated/α-hetero) is 1. The summed E-state index contributed by atoms with van der Waals surface area (Å²) in [5.41, 5.74) is 2.93. The zero-order chi connectivity index (χ0) is 28.6. The van der Waals surface area contributed by atoms with Crippen molar-refractivity contribution in [2.45, 2.75) is 18.9 Å². The summed E-state index contributed by atoms with van der Waals surface area (Å²) in [7, 11) is 8.82. The van der Waals surface area contributed by atoms with Gasteiger partial charge in [-0.1, -0.05) is 12.1 Å². The lowest BCUT2D eigenvalue weighted by Crippen LogP contribution is -2.41. The maximum atomic E-state index is 14.7. The number of hydrogen-bond acceptors (Lipinski definition) is 7. The first-order valence-corrected chi connectivity index (χ1v) is 13.0. The number of halogens is 1. The van der Waals surface area contributed by atoms with Gasteiger partial charge in [-0.3, -0.25) is 9.48 Å². The Morgan fingerprint density at radius 3 is 2.70 bits per heavy atom. The summed E-state index contributed by atoms with van der Waals surface area (Å²) in [6.45, 7) is 1.24. The molecule has 5 rings (SSSR count). The minimum absolute atomic E-state index is 0.0167. The van der Waals surface area contributed by atoms with Crippen LogP contribution in [0.4, 0.5) is 14.9 Å². The number of anilines is 1.